The van der Waals surface area contributed by atoms with Gasteiger partial charge >= 0.3 is 32.7 Å². The summed E-state index contributed by atoms with van der Waals surface area (Å²) in [4.78, 5) is 0. The standard InChI is InChI=1S/C9H13F9O3Si/c1-4-22(19-2,20-3)21-5-6(10,11)7(12,13)8(14,15)9(16,17)18/h4-5H2,1-3H3. The molecule has 0 saturated carbocycles. The molecular formula is C9H13F9O3Si. The van der Waals surface area contributed by atoms with E-state index in [1.807, 2.05) is 0 Å². The summed E-state index contributed by atoms with van der Waals surface area (Å²) >= 11 is 0. The predicted molar refractivity (Wildman–Crippen MR) is 57.1 cm³/mol. The first-order valence-corrected chi connectivity index (χ1v) is 7.51. The number of hydrogen-bond acceptors (Lipinski definition) is 3. The van der Waals surface area contributed by atoms with Gasteiger partial charge in [-0.25, -0.2) is 0 Å². The summed E-state index contributed by atoms with van der Waals surface area (Å²) in [6.45, 7) is -1.12. The van der Waals surface area contributed by atoms with Gasteiger partial charge in [0.1, 0.15) is 6.61 Å². The first-order valence-electron chi connectivity index (χ1n) is 5.58. The summed E-state index contributed by atoms with van der Waals surface area (Å²) in [7, 11) is -1.99. The van der Waals surface area contributed by atoms with Crippen molar-refractivity contribution in [2.45, 2.75) is 36.9 Å². The summed E-state index contributed by atoms with van der Waals surface area (Å²) in [6.07, 6.45) is -6.86. The molecule has 0 saturated heterocycles. The van der Waals surface area contributed by atoms with Crippen molar-refractivity contribution >= 4 is 8.80 Å². The molecule has 22 heavy (non-hydrogen) atoms. The fourth-order valence-corrected chi connectivity index (χ4v) is 2.88. The molecule has 0 fully saturated rings. The second-order valence-corrected chi connectivity index (χ2v) is 7.26. The number of hydrogen-bond donors (Lipinski definition) is 0. The van der Waals surface area contributed by atoms with Crippen LogP contribution in [0.25, 0.3) is 0 Å². The molecule has 0 radical (unpaired) electrons. The minimum atomic E-state index is -6.94. The molecule has 0 aliphatic carbocycles. The summed E-state index contributed by atoms with van der Waals surface area (Å²) in [5.41, 5.74) is 0. The smallest absolute Gasteiger partial charge is 0.377 e. The SMILES string of the molecule is CC[Si](OC)(OC)OCC(F)(F)C(F)(F)C(F)(F)C(F)(F)F. The molecule has 0 aromatic carbocycles. The van der Waals surface area contributed by atoms with Gasteiger partial charge in [-0.3, -0.25) is 0 Å². The Morgan fingerprint density at radius 2 is 1.18 bits per heavy atom. The number of rotatable bonds is 8. The summed E-state index contributed by atoms with van der Waals surface area (Å²) in [5, 5.41) is 0. The van der Waals surface area contributed by atoms with Gasteiger partial charge in [0.25, 0.3) is 0 Å². The Balaban J connectivity index is 5.39. The molecule has 0 aliphatic heterocycles. The Hall–Kier alpha value is -0.533. The van der Waals surface area contributed by atoms with E-state index in [1.54, 1.807) is 0 Å². The van der Waals surface area contributed by atoms with Gasteiger partial charge in [0, 0.05) is 20.3 Å². The van der Waals surface area contributed by atoms with Crippen LogP contribution in [0.5, 0.6) is 0 Å². The van der Waals surface area contributed by atoms with Crippen LogP contribution in [0.1, 0.15) is 6.92 Å². The number of halogens is 9. The maximum Gasteiger partial charge on any atom is 0.500 e. The molecule has 0 amide bonds. The largest absolute Gasteiger partial charge is 0.500 e. The van der Waals surface area contributed by atoms with Crippen LogP contribution in [0, 0.1) is 0 Å². The molecule has 0 N–H and O–H groups in total. The van der Waals surface area contributed by atoms with Gasteiger partial charge in [0.15, 0.2) is 0 Å². The minimum absolute atomic E-state index is 0.197. The highest BCUT2D eigenvalue weighted by Crippen LogP contribution is 2.53. The van der Waals surface area contributed by atoms with Crippen molar-refractivity contribution in [3.05, 3.63) is 0 Å². The molecule has 0 atom stereocenters. The van der Waals surface area contributed by atoms with Gasteiger partial charge in [-0.1, -0.05) is 6.92 Å². The van der Waals surface area contributed by atoms with E-state index in [-0.39, 0.29) is 6.04 Å². The molecule has 0 rings (SSSR count). The fraction of sp³-hybridized carbons (Fsp3) is 1.00. The molecule has 0 heterocycles. The van der Waals surface area contributed by atoms with E-state index < -0.39 is 39.4 Å². The molecule has 0 aromatic rings. The maximum atomic E-state index is 13.2. The Morgan fingerprint density at radius 3 is 1.45 bits per heavy atom. The van der Waals surface area contributed by atoms with Crippen LogP contribution < -0.4 is 0 Å². The lowest BCUT2D eigenvalue weighted by Crippen LogP contribution is -2.63. The Bertz CT molecular complexity index is 360. The molecule has 13 heteroatoms. The average Bonchev–Trinajstić information content (AvgIpc) is 2.39. The van der Waals surface area contributed by atoms with Crippen LogP contribution >= 0.6 is 0 Å². The molecule has 0 unspecified atom stereocenters. The highest BCUT2D eigenvalue weighted by Gasteiger charge is 2.81. The van der Waals surface area contributed by atoms with E-state index >= 15 is 0 Å². The molecule has 0 bridgehead atoms. The molecule has 134 valence electrons. The van der Waals surface area contributed by atoms with Crippen LogP contribution in [0.2, 0.25) is 6.04 Å². The van der Waals surface area contributed by atoms with Crippen LogP contribution in [0.15, 0.2) is 0 Å². The summed E-state index contributed by atoms with van der Waals surface area (Å²) in [5.74, 6) is -19.5. The molecular weight excluding hydrogens is 355 g/mol. The lowest BCUT2D eigenvalue weighted by Gasteiger charge is -2.35. The van der Waals surface area contributed by atoms with Crippen molar-refractivity contribution < 1.29 is 52.8 Å². The zero-order chi connectivity index (χ0) is 18.0. The lowest BCUT2D eigenvalue weighted by molar-refractivity contribution is -0.398. The van der Waals surface area contributed by atoms with E-state index in [0.29, 0.717) is 0 Å². The third kappa shape index (κ3) is 3.68. The van der Waals surface area contributed by atoms with Crippen LogP contribution in [-0.2, 0) is 13.3 Å². The highest BCUT2D eigenvalue weighted by molar-refractivity contribution is 6.60. The van der Waals surface area contributed by atoms with Crippen molar-refractivity contribution in [3.8, 4) is 0 Å². The van der Waals surface area contributed by atoms with Crippen molar-refractivity contribution in [2.24, 2.45) is 0 Å². The molecule has 0 aliphatic rings. The van der Waals surface area contributed by atoms with Gasteiger partial charge in [-0.05, 0) is 0 Å². The monoisotopic (exact) mass is 368 g/mol. The average molecular weight is 368 g/mol. The Morgan fingerprint density at radius 1 is 0.773 bits per heavy atom. The highest BCUT2D eigenvalue weighted by atomic mass is 28.4. The van der Waals surface area contributed by atoms with Crippen LogP contribution in [0.3, 0.4) is 0 Å². The van der Waals surface area contributed by atoms with Crippen LogP contribution in [-0.4, -0.2) is 53.6 Å². The molecule has 0 spiro atoms. The Labute approximate surface area is 120 Å². The third-order valence-electron chi connectivity index (χ3n) is 2.74. The van der Waals surface area contributed by atoms with Crippen molar-refractivity contribution in [2.75, 3.05) is 20.8 Å². The van der Waals surface area contributed by atoms with Gasteiger partial charge in [0.05, 0.1) is 0 Å². The van der Waals surface area contributed by atoms with Gasteiger partial charge in [0.2, 0.25) is 0 Å². The van der Waals surface area contributed by atoms with E-state index in [4.69, 9.17) is 0 Å². The molecule has 0 aromatic heterocycles. The van der Waals surface area contributed by atoms with Gasteiger partial charge < -0.3 is 13.3 Å². The Kier molecular flexibility index (Phi) is 6.37. The maximum absolute atomic E-state index is 13.2. The van der Waals surface area contributed by atoms with E-state index in [0.717, 1.165) is 14.2 Å². The van der Waals surface area contributed by atoms with E-state index in [1.165, 1.54) is 6.92 Å². The number of alkyl halides is 9. The second-order valence-electron chi connectivity index (χ2n) is 4.08. The predicted octanol–water partition coefficient (Wildman–Crippen LogP) is 3.72. The third-order valence-corrected chi connectivity index (χ3v) is 5.43. The van der Waals surface area contributed by atoms with Crippen molar-refractivity contribution in [1.29, 1.82) is 0 Å². The van der Waals surface area contributed by atoms with Gasteiger partial charge in [-0.15, -0.1) is 0 Å². The first kappa shape index (κ1) is 21.5. The van der Waals surface area contributed by atoms with Crippen molar-refractivity contribution in [1.82, 2.24) is 0 Å². The first-order chi connectivity index (χ1) is 9.64. The second kappa shape index (κ2) is 6.53. The van der Waals surface area contributed by atoms with E-state index in [2.05, 4.69) is 13.3 Å². The summed E-state index contributed by atoms with van der Waals surface area (Å²) < 4.78 is 127. The summed E-state index contributed by atoms with van der Waals surface area (Å²) in [6, 6.07) is -0.197. The fourth-order valence-electron chi connectivity index (χ4n) is 1.29. The quantitative estimate of drug-likeness (QED) is 0.483. The normalized spacial score (nSPS) is 15.3. The zero-order valence-electron chi connectivity index (χ0n) is 11.5. The van der Waals surface area contributed by atoms with Crippen molar-refractivity contribution in [3.63, 3.8) is 0 Å². The lowest BCUT2D eigenvalue weighted by atomic mass is 10.1. The topological polar surface area (TPSA) is 27.7 Å². The van der Waals surface area contributed by atoms with E-state index in [9.17, 15) is 39.5 Å². The minimum Gasteiger partial charge on any atom is -0.377 e. The van der Waals surface area contributed by atoms with Crippen LogP contribution in [0.4, 0.5) is 39.5 Å². The molecule has 3 nitrogen and oxygen atoms in total. The zero-order valence-corrected chi connectivity index (χ0v) is 12.5. The van der Waals surface area contributed by atoms with Gasteiger partial charge in [-0.2, -0.15) is 39.5 Å².